The van der Waals surface area contributed by atoms with Crippen molar-refractivity contribution in [1.82, 2.24) is 10.6 Å². The Bertz CT molecular complexity index is 300. The Morgan fingerprint density at radius 2 is 1.86 bits per heavy atom. The van der Waals surface area contributed by atoms with Crippen LogP contribution in [0.3, 0.4) is 0 Å². The molecule has 0 aliphatic heterocycles. The lowest BCUT2D eigenvalue weighted by atomic mass is 9.94. The van der Waals surface area contributed by atoms with Crippen LogP contribution in [0.15, 0.2) is 4.99 Å². The van der Waals surface area contributed by atoms with Gasteiger partial charge in [0.05, 0.1) is 6.42 Å². The van der Waals surface area contributed by atoms with Crippen molar-refractivity contribution in [3.05, 3.63) is 0 Å². The molecule has 0 amide bonds. The van der Waals surface area contributed by atoms with Crippen LogP contribution in [0.25, 0.3) is 0 Å². The third kappa shape index (κ3) is 14.7. The van der Waals surface area contributed by atoms with E-state index in [0.717, 1.165) is 6.42 Å². The summed E-state index contributed by atoms with van der Waals surface area (Å²) in [5, 5.41) is 14.7. The molecule has 0 radical (unpaired) electrons. The van der Waals surface area contributed by atoms with Crippen molar-refractivity contribution >= 4 is 29.9 Å². The molecule has 0 aliphatic rings. The van der Waals surface area contributed by atoms with Crippen LogP contribution in [-0.4, -0.2) is 43.5 Å². The van der Waals surface area contributed by atoms with Gasteiger partial charge in [0, 0.05) is 26.2 Å². The first kappa shape index (κ1) is 24.0. The summed E-state index contributed by atoms with van der Waals surface area (Å²) >= 11 is 0. The molecule has 0 aromatic heterocycles. The average Bonchev–Trinajstić information content (AvgIpc) is 2.33. The zero-order chi connectivity index (χ0) is 16.3. The predicted octanol–water partition coefficient (Wildman–Crippen LogP) is 3.16. The molecular weight excluding hydrogens is 410 g/mol. The number of guanidine groups is 1. The van der Waals surface area contributed by atoms with E-state index >= 15 is 0 Å². The van der Waals surface area contributed by atoms with Gasteiger partial charge in [0.2, 0.25) is 0 Å². The van der Waals surface area contributed by atoms with Crippen LogP contribution in [0.2, 0.25) is 0 Å². The summed E-state index contributed by atoms with van der Waals surface area (Å²) in [6.45, 7) is 7.06. The van der Waals surface area contributed by atoms with Crippen molar-refractivity contribution in [3.63, 3.8) is 0 Å². The number of hydrogen-bond acceptors (Lipinski definition) is 2. The smallest absolute Gasteiger partial charge is 0.390 e. The fourth-order valence-electron chi connectivity index (χ4n) is 2.02. The second-order valence-electron chi connectivity index (χ2n) is 5.52. The lowest BCUT2D eigenvalue weighted by molar-refractivity contribution is -0.132. The van der Waals surface area contributed by atoms with Crippen LogP contribution in [0.4, 0.5) is 13.2 Å². The molecule has 1 atom stereocenters. The molecule has 0 rings (SSSR count). The zero-order valence-electron chi connectivity index (χ0n) is 13.5. The van der Waals surface area contributed by atoms with E-state index in [1.807, 2.05) is 6.92 Å². The highest BCUT2D eigenvalue weighted by Crippen LogP contribution is 2.18. The van der Waals surface area contributed by atoms with Gasteiger partial charge in [-0.1, -0.05) is 13.8 Å². The lowest BCUT2D eigenvalue weighted by Crippen LogP contribution is -2.39. The summed E-state index contributed by atoms with van der Waals surface area (Å²) in [5.41, 5.74) is 0. The first-order chi connectivity index (χ1) is 9.78. The molecule has 0 aromatic carbocycles. The van der Waals surface area contributed by atoms with Crippen LogP contribution < -0.4 is 10.6 Å². The second kappa shape index (κ2) is 13.2. The molecule has 0 aromatic rings. The quantitative estimate of drug-likeness (QED) is 0.294. The Balaban J connectivity index is 0. The Hall–Kier alpha value is -0.250. The van der Waals surface area contributed by atoms with Gasteiger partial charge in [0.15, 0.2) is 5.96 Å². The van der Waals surface area contributed by atoms with Crippen molar-refractivity contribution in [3.8, 4) is 0 Å². The van der Waals surface area contributed by atoms with E-state index in [0.29, 0.717) is 31.4 Å². The van der Waals surface area contributed by atoms with E-state index in [-0.39, 0.29) is 43.0 Å². The van der Waals surface area contributed by atoms with Crippen LogP contribution in [0.1, 0.15) is 40.0 Å². The maximum absolute atomic E-state index is 12.1. The third-order valence-electron chi connectivity index (χ3n) is 2.89. The maximum Gasteiger partial charge on any atom is 0.390 e. The number of nitrogens with zero attached hydrogens (tertiary/aromatic N) is 1. The van der Waals surface area contributed by atoms with Gasteiger partial charge in [-0.25, -0.2) is 0 Å². The van der Waals surface area contributed by atoms with Crippen molar-refractivity contribution in [2.45, 2.75) is 46.2 Å². The fraction of sp³-hybridized carbons (Fsp3) is 0.929. The molecule has 0 bridgehead atoms. The Kier molecular flexibility index (Phi) is 14.4. The Labute approximate surface area is 148 Å². The summed E-state index contributed by atoms with van der Waals surface area (Å²) in [5.74, 6) is 1.14. The Morgan fingerprint density at radius 3 is 2.32 bits per heavy atom. The standard InChI is InChI=1S/C14H28F3N3O.HI/c1-4-18-13(19-7-6-14(15,16)17)20-10-12(5-8-21)9-11(2)3;/h11-12,21H,4-10H2,1-3H3,(H2,18,19,20);1H. The molecule has 4 nitrogen and oxygen atoms in total. The predicted molar refractivity (Wildman–Crippen MR) is 94.7 cm³/mol. The van der Waals surface area contributed by atoms with Gasteiger partial charge in [0.1, 0.15) is 0 Å². The van der Waals surface area contributed by atoms with Crippen molar-refractivity contribution < 1.29 is 18.3 Å². The number of nitrogens with one attached hydrogen (secondary N) is 2. The summed E-state index contributed by atoms with van der Waals surface area (Å²) < 4.78 is 36.4. The summed E-state index contributed by atoms with van der Waals surface area (Å²) in [6, 6.07) is 0. The van der Waals surface area contributed by atoms with Crippen LogP contribution in [-0.2, 0) is 0 Å². The first-order valence-electron chi connectivity index (χ1n) is 7.48. The average molecular weight is 439 g/mol. The van der Waals surface area contributed by atoms with Gasteiger partial charge in [-0.15, -0.1) is 24.0 Å². The largest absolute Gasteiger partial charge is 0.396 e. The van der Waals surface area contributed by atoms with Crippen LogP contribution >= 0.6 is 24.0 Å². The Morgan fingerprint density at radius 1 is 1.23 bits per heavy atom. The highest BCUT2D eigenvalue weighted by molar-refractivity contribution is 14.0. The minimum atomic E-state index is -4.17. The van der Waals surface area contributed by atoms with Gasteiger partial charge < -0.3 is 15.7 Å². The number of halogens is 4. The molecule has 8 heteroatoms. The molecule has 3 N–H and O–H groups in total. The number of rotatable bonds is 9. The maximum atomic E-state index is 12.1. The molecule has 0 saturated heterocycles. The number of aliphatic hydroxyl groups is 1. The number of alkyl halides is 3. The van der Waals surface area contributed by atoms with Crippen LogP contribution in [0.5, 0.6) is 0 Å². The van der Waals surface area contributed by atoms with Crippen molar-refractivity contribution in [2.75, 3.05) is 26.2 Å². The minimum Gasteiger partial charge on any atom is -0.396 e. The molecular formula is C14H29F3IN3O. The molecule has 22 heavy (non-hydrogen) atoms. The zero-order valence-corrected chi connectivity index (χ0v) is 15.9. The monoisotopic (exact) mass is 439 g/mol. The van der Waals surface area contributed by atoms with Gasteiger partial charge in [-0.2, -0.15) is 13.2 Å². The van der Waals surface area contributed by atoms with E-state index < -0.39 is 12.6 Å². The molecule has 1 unspecified atom stereocenters. The molecule has 0 spiro atoms. The SMILES string of the molecule is CCNC(=NCC(CCO)CC(C)C)NCCC(F)(F)F.I. The normalized spacial score (nSPS) is 13.7. The summed E-state index contributed by atoms with van der Waals surface area (Å²) in [4.78, 5) is 4.32. The summed E-state index contributed by atoms with van der Waals surface area (Å²) in [7, 11) is 0. The molecule has 0 heterocycles. The van der Waals surface area contributed by atoms with Crippen molar-refractivity contribution in [2.24, 2.45) is 16.8 Å². The fourth-order valence-corrected chi connectivity index (χ4v) is 2.02. The lowest BCUT2D eigenvalue weighted by Gasteiger charge is -2.17. The molecule has 0 fully saturated rings. The van der Waals surface area contributed by atoms with E-state index in [4.69, 9.17) is 5.11 Å². The summed E-state index contributed by atoms with van der Waals surface area (Å²) in [6.07, 6.45) is -3.46. The highest BCUT2D eigenvalue weighted by Gasteiger charge is 2.26. The number of hydrogen-bond donors (Lipinski definition) is 3. The van der Waals surface area contributed by atoms with Crippen LogP contribution in [0, 0.1) is 11.8 Å². The highest BCUT2D eigenvalue weighted by atomic mass is 127. The molecule has 0 saturated carbocycles. The van der Waals surface area contributed by atoms with E-state index in [1.54, 1.807) is 0 Å². The minimum absolute atomic E-state index is 0. The van der Waals surface area contributed by atoms with Crippen molar-refractivity contribution in [1.29, 1.82) is 0 Å². The van der Waals surface area contributed by atoms with Gasteiger partial charge in [-0.05, 0) is 31.6 Å². The third-order valence-corrected chi connectivity index (χ3v) is 2.89. The second-order valence-corrected chi connectivity index (χ2v) is 5.52. The molecule has 0 aliphatic carbocycles. The van der Waals surface area contributed by atoms with Gasteiger partial charge in [-0.3, -0.25) is 4.99 Å². The first-order valence-corrected chi connectivity index (χ1v) is 7.48. The number of aliphatic hydroxyl groups excluding tert-OH is 1. The topological polar surface area (TPSA) is 56.7 Å². The van der Waals surface area contributed by atoms with Gasteiger partial charge in [0.25, 0.3) is 0 Å². The van der Waals surface area contributed by atoms with E-state index in [1.165, 1.54) is 0 Å². The van der Waals surface area contributed by atoms with E-state index in [9.17, 15) is 13.2 Å². The van der Waals surface area contributed by atoms with E-state index in [2.05, 4.69) is 29.5 Å². The van der Waals surface area contributed by atoms with Gasteiger partial charge >= 0.3 is 6.18 Å². The molecule has 134 valence electrons. The number of aliphatic imine (C=N–C) groups is 1.